The molecule has 0 bridgehead atoms. The average molecular weight is 291 g/mol. The fourth-order valence-corrected chi connectivity index (χ4v) is 1.91. The lowest BCUT2D eigenvalue weighted by Crippen LogP contribution is -2.05. The molecule has 0 saturated heterocycles. The van der Waals surface area contributed by atoms with Gasteiger partial charge in [0.25, 0.3) is 5.89 Å². The third-order valence-corrected chi connectivity index (χ3v) is 2.98. The highest BCUT2D eigenvalue weighted by molar-refractivity contribution is 5.54. The van der Waals surface area contributed by atoms with Crippen molar-refractivity contribution in [1.29, 1.82) is 0 Å². The van der Waals surface area contributed by atoms with Gasteiger partial charge in [-0.25, -0.2) is 0 Å². The van der Waals surface area contributed by atoms with Gasteiger partial charge < -0.3 is 19.7 Å². The summed E-state index contributed by atoms with van der Waals surface area (Å²) in [5.41, 5.74) is 7.65. The molecule has 1 aromatic carbocycles. The molecule has 0 aliphatic heterocycles. The molecule has 0 atom stereocenters. The maximum atomic E-state index is 5.57. The molecule has 2 aromatic rings. The summed E-state index contributed by atoms with van der Waals surface area (Å²) in [4.78, 5) is 4.38. The summed E-state index contributed by atoms with van der Waals surface area (Å²) in [7, 11) is 1.65. The summed E-state index contributed by atoms with van der Waals surface area (Å²) in [6.45, 7) is 2.33. The summed E-state index contributed by atoms with van der Waals surface area (Å²) in [6, 6.07) is 7.99. The van der Waals surface area contributed by atoms with E-state index in [0.29, 0.717) is 44.5 Å². The first-order valence-electron chi connectivity index (χ1n) is 7.02. The van der Waals surface area contributed by atoms with Gasteiger partial charge in [-0.1, -0.05) is 17.3 Å². The minimum absolute atomic E-state index is 0.528. The molecule has 0 amide bonds. The first kappa shape index (κ1) is 15.6. The van der Waals surface area contributed by atoms with Gasteiger partial charge in [0.2, 0.25) is 0 Å². The van der Waals surface area contributed by atoms with Crippen LogP contribution in [0.15, 0.2) is 28.8 Å². The molecule has 1 heterocycles. The Bertz CT molecular complexity index is 542. The lowest BCUT2D eigenvalue weighted by Gasteiger charge is -2.00. The zero-order chi connectivity index (χ0) is 14.9. The van der Waals surface area contributed by atoms with Gasteiger partial charge in [0.15, 0.2) is 5.82 Å². The van der Waals surface area contributed by atoms with Gasteiger partial charge in [0, 0.05) is 19.1 Å². The average Bonchev–Trinajstić information content (AvgIpc) is 2.97. The molecular weight excluding hydrogens is 270 g/mol. The fourth-order valence-electron chi connectivity index (χ4n) is 1.91. The first-order valence-corrected chi connectivity index (χ1v) is 7.02. The lowest BCUT2D eigenvalue weighted by atomic mass is 10.1. The SMILES string of the molecule is COCCOCCc1noc(-c2cccc(CCN)c2)n1. The molecular formula is C15H21N3O3. The van der Waals surface area contributed by atoms with Crippen LogP contribution >= 0.6 is 0 Å². The summed E-state index contributed by atoms with van der Waals surface area (Å²) >= 11 is 0. The largest absolute Gasteiger partial charge is 0.382 e. The molecule has 0 unspecified atom stereocenters. The molecule has 6 nitrogen and oxygen atoms in total. The number of benzene rings is 1. The Hall–Kier alpha value is -1.76. The van der Waals surface area contributed by atoms with Crippen molar-refractivity contribution in [2.45, 2.75) is 12.8 Å². The summed E-state index contributed by atoms with van der Waals surface area (Å²) in [5, 5.41) is 3.96. The van der Waals surface area contributed by atoms with Crippen LogP contribution in [0.5, 0.6) is 0 Å². The zero-order valence-corrected chi connectivity index (χ0v) is 12.2. The van der Waals surface area contributed by atoms with Crippen molar-refractivity contribution in [3.8, 4) is 11.5 Å². The minimum Gasteiger partial charge on any atom is -0.382 e. The summed E-state index contributed by atoms with van der Waals surface area (Å²) < 4.78 is 15.6. The predicted molar refractivity (Wildman–Crippen MR) is 78.9 cm³/mol. The van der Waals surface area contributed by atoms with Crippen molar-refractivity contribution in [3.63, 3.8) is 0 Å². The van der Waals surface area contributed by atoms with Gasteiger partial charge in [0.05, 0.1) is 19.8 Å². The minimum atomic E-state index is 0.528. The van der Waals surface area contributed by atoms with E-state index >= 15 is 0 Å². The predicted octanol–water partition coefficient (Wildman–Crippen LogP) is 1.44. The Balaban J connectivity index is 1.91. The van der Waals surface area contributed by atoms with Gasteiger partial charge in [-0.05, 0) is 30.7 Å². The van der Waals surface area contributed by atoms with Crippen molar-refractivity contribution in [2.75, 3.05) is 33.5 Å². The number of hydrogen-bond donors (Lipinski definition) is 1. The highest BCUT2D eigenvalue weighted by Gasteiger charge is 2.09. The molecule has 6 heteroatoms. The first-order chi connectivity index (χ1) is 10.3. The maximum Gasteiger partial charge on any atom is 0.257 e. The van der Waals surface area contributed by atoms with Crippen LogP contribution in [0.3, 0.4) is 0 Å². The van der Waals surface area contributed by atoms with Crippen LogP contribution in [-0.4, -0.2) is 43.6 Å². The third kappa shape index (κ3) is 4.93. The van der Waals surface area contributed by atoms with Gasteiger partial charge in [-0.3, -0.25) is 0 Å². The molecule has 2 rings (SSSR count). The Morgan fingerprint density at radius 1 is 1.19 bits per heavy atom. The van der Waals surface area contributed by atoms with Crippen molar-refractivity contribution >= 4 is 0 Å². The number of rotatable bonds is 9. The van der Waals surface area contributed by atoms with Crippen LogP contribution in [0.1, 0.15) is 11.4 Å². The third-order valence-electron chi connectivity index (χ3n) is 2.98. The smallest absolute Gasteiger partial charge is 0.257 e. The molecule has 2 N–H and O–H groups in total. The van der Waals surface area contributed by atoms with E-state index < -0.39 is 0 Å². The second-order valence-corrected chi connectivity index (χ2v) is 4.61. The van der Waals surface area contributed by atoms with Crippen LogP contribution in [-0.2, 0) is 22.3 Å². The number of ether oxygens (including phenoxy) is 2. The Morgan fingerprint density at radius 2 is 2.10 bits per heavy atom. The second kappa shape index (κ2) is 8.51. The van der Waals surface area contributed by atoms with Gasteiger partial charge in [0.1, 0.15) is 0 Å². The summed E-state index contributed by atoms with van der Waals surface area (Å²) in [5.74, 6) is 1.17. The number of nitrogens with two attached hydrogens (primary N) is 1. The zero-order valence-electron chi connectivity index (χ0n) is 12.2. The van der Waals surface area contributed by atoms with Crippen LogP contribution in [0.4, 0.5) is 0 Å². The van der Waals surface area contributed by atoms with E-state index in [9.17, 15) is 0 Å². The van der Waals surface area contributed by atoms with Crippen molar-refractivity contribution < 1.29 is 14.0 Å². The molecule has 0 aliphatic rings. The number of methoxy groups -OCH3 is 1. The van der Waals surface area contributed by atoms with Gasteiger partial charge in [-0.15, -0.1) is 0 Å². The van der Waals surface area contributed by atoms with Crippen LogP contribution in [0.2, 0.25) is 0 Å². The molecule has 0 fully saturated rings. The van der Waals surface area contributed by atoms with E-state index in [-0.39, 0.29) is 0 Å². The molecule has 21 heavy (non-hydrogen) atoms. The Labute approximate surface area is 124 Å². The molecule has 0 aliphatic carbocycles. The highest BCUT2D eigenvalue weighted by atomic mass is 16.5. The van der Waals surface area contributed by atoms with Crippen LogP contribution in [0, 0.1) is 0 Å². The topological polar surface area (TPSA) is 83.4 Å². The van der Waals surface area contributed by atoms with E-state index in [0.717, 1.165) is 17.5 Å². The maximum absolute atomic E-state index is 5.57. The van der Waals surface area contributed by atoms with Crippen molar-refractivity contribution in [2.24, 2.45) is 5.73 Å². The standard InChI is InChI=1S/C15H21N3O3/c1-19-9-10-20-8-6-14-17-15(21-18-14)13-4-2-3-12(11-13)5-7-16/h2-4,11H,5-10,16H2,1H3. The van der Waals surface area contributed by atoms with E-state index in [1.165, 1.54) is 0 Å². The molecule has 0 radical (unpaired) electrons. The van der Waals surface area contributed by atoms with Crippen molar-refractivity contribution in [3.05, 3.63) is 35.7 Å². The quantitative estimate of drug-likeness (QED) is 0.704. The van der Waals surface area contributed by atoms with E-state index in [2.05, 4.69) is 10.1 Å². The molecule has 1 aromatic heterocycles. The van der Waals surface area contributed by atoms with E-state index in [4.69, 9.17) is 19.7 Å². The fraction of sp³-hybridized carbons (Fsp3) is 0.467. The Kier molecular flexibility index (Phi) is 6.33. The monoisotopic (exact) mass is 291 g/mol. The normalized spacial score (nSPS) is 11.0. The number of aromatic nitrogens is 2. The van der Waals surface area contributed by atoms with Crippen LogP contribution < -0.4 is 5.73 Å². The van der Waals surface area contributed by atoms with E-state index in [1.54, 1.807) is 7.11 Å². The van der Waals surface area contributed by atoms with Crippen LogP contribution in [0.25, 0.3) is 11.5 Å². The number of nitrogens with zero attached hydrogens (tertiary/aromatic N) is 2. The lowest BCUT2D eigenvalue weighted by molar-refractivity contribution is 0.0714. The second-order valence-electron chi connectivity index (χ2n) is 4.61. The number of hydrogen-bond acceptors (Lipinski definition) is 6. The van der Waals surface area contributed by atoms with Gasteiger partial charge in [-0.2, -0.15) is 4.98 Å². The molecule has 114 valence electrons. The van der Waals surface area contributed by atoms with Crippen molar-refractivity contribution in [1.82, 2.24) is 10.1 Å². The highest BCUT2D eigenvalue weighted by Crippen LogP contribution is 2.18. The summed E-state index contributed by atoms with van der Waals surface area (Å²) in [6.07, 6.45) is 1.46. The molecule has 0 saturated carbocycles. The van der Waals surface area contributed by atoms with E-state index in [1.807, 2.05) is 24.3 Å². The van der Waals surface area contributed by atoms with Gasteiger partial charge >= 0.3 is 0 Å². The molecule has 0 spiro atoms. The Morgan fingerprint density at radius 3 is 2.90 bits per heavy atom.